The number of carbonyl (C=O) groups is 2. The van der Waals surface area contributed by atoms with Crippen LogP contribution < -0.4 is 10.5 Å². The number of alkyl halides is 1. The van der Waals surface area contributed by atoms with E-state index in [0.29, 0.717) is 11.3 Å². The fourth-order valence-electron chi connectivity index (χ4n) is 1.84. The molecule has 1 rings (SSSR count). The lowest BCUT2D eigenvalue weighted by Crippen LogP contribution is -2.35. The number of hydrogen-bond acceptors (Lipinski definition) is 4. The number of nitrogens with two attached hydrogens (primary N) is 1. The molecule has 7 heteroatoms. The molecule has 1 aromatic carbocycles. The molecule has 6 nitrogen and oxygen atoms in total. The van der Waals surface area contributed by atoms with Crippen LogP contribution in [0.4, 0.5) is 4.39 Å². The summed E-state index contributed by atoms with van der Waals surface area (Å²) in [4.78, 5) is 21.8. The minimum absolute atomic E-state index is 0.0371. The summed E-state index contributed by atoms with van der Waals surface area (Å²) in [6.07, 6.45) is 0.0183. The maximum atomic E-state index is 12.0. The van der Waals surface area contributed by atoms with Crippen molar-refractivity contribution in [3.8, 4) is 5.75 Å². The minimum Gasteiger partial charge on any atom is -0.491 e. The summed E-state index contributed by atoms with van der Waals surface area (Å²) in [5, 5.41) is 17.9. The number of rotatable bonds is 9. The molecule has 0 aliphatic rings. The molecule has 1 unspecified atom stereocenters. The molecule has 0 saturated carbocycles. The molecule has 0 amide bonds. The molecule has 0 heterocycles. The Labute approximate surface area is 121 Å². The zero-order chi connectivity index (χ0) is 15.8. The average molecular weight is 299 g/mol. The van der Waals surface area contributed by atoms with E-state index in [1.807, 2.05) is 0 Å². The summed E-state index contributed by atoms with van der Waals surface area (Å²) in [5.74, 6) is -2.71. The third-order valence-electron chi connectivity index (χ3n) is 2.96. The van der Waals surface area contributed by atoms with Crippen LogP contribution in [0.3, 0.4) is 0 Å². The van der Waals surface area contributed by atoms with Gasteiger partial charge in [-0.1, -0.05) is 12.1 Å². The van der Waals surface area contributed by atoms with E-state index in [1.165, 1.54) is 0 Å². The van der Waals surface area contributed by atoms with Crippen molar-refractivity contribution in [1.82, 2.24) is 0 Å². The van der Waals surface area contributed by atoms with E-state index in [-0.39, 0.29) is 19.4 Å². The van der Waals surface area contributed by atoms with Gasteiger partial charge in [-0.15, -0.1) is 0 Å². The molecule has 0 aliphatic heterocycles. The normalized spacial score (nSPS) is 13.4. The standard InChI is InChI=1S/C14H18FNO5/c15-5-6-21-11-3-1-9(2-4-11)7-10(13(17)18)8-12(16)14(19)20/h1-4,10,12H,5-8,16H2,(H,17,18)(H,19,20)/t10?,12-/m0/s1. The highest BCUT2D eigenvalue weighted by Crippen LogP contribution is 2.18. The summed E-state index contributed by atoms with van der Waals surface area (Å²) in [7, 11) is 0. The van der Waals surface area contributed by atoms with Crippen molar-refractivity contribution in [3.05, 3.63) is 29.8 Å². The van der Waals surface area contributed by atoms with Crippen molar-refractivity contribution in [3.63, 3.8) is 0 Å². The van der Waals surface area contributed by atoms with Crippen molar-refractivity contribution in [1.29, 1.82) is 0 Å². The van der Waals surface area contributed by atoms with E-state index in [2.05, 4.69) is 0 Å². The molecule has 0 spiro atoms. The molecule has 116 valence electrons. The number of benzene rings is 1. The van der Waals surface area contributed by atoms with E-state index < -0.39 is 30.6 Å². The van der Waals surface area contributed by atoms with E-state index in [9.17, 15) is 14.0 Å². The molecule has 0 fully saturated rings. The van der Waals surface area contributed by atoms with E-state index in [4.69, 9.17) is 20.7 Å². The topological polar surface area (TPSA) is 110 Å². The summed E-state index contributed by atoms with van der Waals surface area (Å²) < 4.78 is 17.0. The van der Waals surface area contributed by atoms with Gasteiger partial charge in [0.2, 0.25) is 0 Å². The molecule has 0 bridgehead atoms. The maximum absolute atomic E-state index is 12.0. The molecule has 0 aliphatic carbocycles. The van der Waals surface area contributed by atoms with E-state index in [0.717, 1.165) is 0 Å². The smallest absolute Gasteiger partial charge is 0.320 e. The number of aliphatic carboxylic acids is 2. The zero-order valence-electron chi connectivity index (χ0n) is 11.4. The Balaban J connectivity index is 2.66. The van der Waals surface area contributed by atoms with Crippen LogP contribution in [0.2, 0.25) is 0 Å². The Morgan fingerprint density at radius 2 is 1.81 bits per heavy atom. The van der Waals surface area contributed by atoms with Gasteiger partial charge in [0.05, 0.1) is 5.92 Å². The summed E-state index contributed by atoms with van der Waals surface area (Å²) in [6, 6.07) is 5.34. The van der Waals surface area contributed by atoms with Crippen LogP contribution in [0.5, 0.6) is 5.75 Å². The van der Waals surface area contributed by atoms with Gasteiger partial charge in [0, 0.05) is 0 Å². The van der Waals surface area contributed by atoms with E-state index >= 15 is 0 Å². The van der Waals surface area contributed by atoms with Crippen LogP contribution in [-0.2, 0) is 16.0 Å². The predicted molar refractivity (Wildman–Crippen MR) is 73.0 cm³/mol. The zero-order valence-corrected chi connectivity index (χ0v) is 11.4. The molecule has 2 atom stereocenters. The fraction of sp³-hybridized carbons (Fsp3) is 0.429. The highest BCUT2D eigenvalue weighted by molar-refractivity contribution is 5.76. The number of carboxylic acids is 2. The Kier molecular flexibility index (Phi) is 6.61. The first-order valence-electron chi connectivity index (χ1n) is 6.43. The first-order chi connectivity index (χ1) is 9.93. The predicted octanol–water partition coefficient (Wildman–Crippen LogP) is 1.08. The number of halogens is 1. The number of ether oxygens (including phenoxy) is 1. The van der Waals surface area contributed by atoms with Crippen molar-refractivity contribution < 1.29 is 28.9 Å². The number of carboxylic acid groups (broad SMARTS) is 2. The Hall–Kier alpha value is -2.15. The van der Waals surface area contributed by atoms with Gasteiger partial charge >= 0.3 is 11.9 Å². The minimum atomic E-state index is -1.23. The summed E-state index contributed by atoms with van der Waals surface area (Å²) in [6.45, 7) is -0.625. The third-order valence-corrected chi connectivity index (χ3v) is 2.96. The highest BCUT2D eigenvalue weighted by Gasteiger charge is 2.24. The van der Waals surface area contributed by atoms with E-state index in [1.54, 1.807) is 24.3 Å². The molecular weight excluding hydrogens is 281 g/mol. The molecule has 0 aromatic heterocycles. The first kappa shape index (κ1) is 16.9. The van der Waals surface area contributed by atoms with Gasteiger partial charge in [-0.05, 0) is 30.5 Å². The lowest BCUT2D eigenvalue weighted by molar-refractivity contribution is -0.143. The van der Waals surface area contributed by atoms with Gasteiger partial charge in [-0.25, -0.2) is 4.39 Å². The van der Waals surface area contributed by atoms with Crippen LogP contribution in [0.25, 0.3) is 0 Å². The van der Waals surface area contributed by atoms with Crippen molar-refractivity contribution in [2.45, 2.75) is 18.9 Å². The van der Waals surface area contributed by atoms with Gasteiger partial charge in [0.25, 0.3) is 0 Å². The largest absolute Gasteiger partial charge is 0.491 e. The molecule has 1 aromatic rings. The lowest BCUT2D eigenvalue weighted by atomic mass is 9.93. The second-order valence-corrected chi connectivity index (χ2v) is 4.60. The summed E-state index contributed by atoms with van der Waals surface area (Å²) >= 11 is 0. The molecule has 4 N–H and O–H groups in total. The van der Waals surface area contributed by atoms with Crippen molar-refractivity contribution >= 4 is 11.9 Å². The van der Waals surface area contributed by atoms with Crippen LogP contribution in [0.15, 0.2) is 24.3 Å². The Morgan fingerprint density at radius 3 is 2.29 bits per heavy atom. The quantitative estimate of drug-likeness (QED) is 0.629. The van der Waals surface area contributed by atoms with Crippen LogP contribution in [0, 0.1) is 5.92 Å². The Morgan fingerprint density at radius 1 is 1.19 bits per heavy atom. The summed E-state index contributed by atoms with van der Waals surface area (Å²) in [5.41, 5.74) is 6.08. The van der Waals surface area contributed by atoms with Gasteiger partial charge < -0.3 is 20.7 Å². The molecule has 0 radical (unpaired) electrons. The van der Waals surface area contributed by atoms with Crippen LogP contribution in [-0.4, -0.2) is 41.5 Å². The van der Waals surface area contributed by atoms with Gasteiger partial charge in [-0.3, -0.25) is 9.59 Å². The van der Waals surface area contributed by atoms with Gasteiger partial charge in [0.15, 0.2) is 0 Å². The maximum Gasteiger partial charge on any atom is 0.320 e. The average Bonchev–Trinajstić information content (AvgIpc) is 2.45. The Bertz CT molecular complexity index is 477. The van der Waals surface area contributed by atoms with Crippen molar-refractivity contribution in [2.75, 3.05) is 13.3 Å². The molecular formula is C14H18FNO5. The first-order valence-corrected chi connectivity index (χ1v) is 6.43. The molecule has 0 saturated heterocycles. The highest BCUT2D eigenvalue weighted by atomic mass is 19.1. The lowest BCUT2D eigenvalue weighted by Gasteiger charge is -2.15. The second kappa shape index (κ2) is 8.21. The second-order valence-electron chi connectivity index (χ2n) is 4.60. The van der Waals surface area contributed by atoms with Crippen LogP contribution in [0.1, 0.15) is 12.0 Å². The SMILES string of the molecule is N[C@@H](CC(Cc1ccc(OCCF)cc1)C(=O)O)C(=O)O. The fourth-order valence-corrected chi connectivity index (χ4v) is 1.84. The van der Waals surface area contributed by atoms with Crippen molar-refractivity contribution in [2.24, 2.45) is 11.7 Å². The van der Waals surface area contributed by atoms with Crippen LogP contribution >= 0.6 is 0 Å². The monoisotopic (exact) mass is 299 g/mol. The van der Waals surface area contributed by atoms with Gasteiger partial charge in [-0.2, -0.15) is 0 Å². The third kappa shape index (κ3) is 5.78. The molecule has 21 heavy (non-hydrogen) atoms. The van der Waals surface area contributed by atoms with Gasteiger partial charge in [0.1, 0.15) is 25.1 Å². The number of hydrogen-bond donors (Lipinski definition) is 3.